The van der Waals surface area contributed by atoms with Crippen molar-refractivity contribution in [3.05, 3.63) is 30.1 Å². The van der Waals surface area contributed by atoms with Crippen LogP contribution in [0.3, 0.4) is 0 Å². The number of hydrogen-bond acceptors (Lipinski definition) is 4. The summed E-state index contributed by atoms with van der Waals surface area (Å²) in [4.78, 5) is 4.70. The molecule has 19 heavy (non-hydrogen) atoms. The summed E-state index contributed by atoms with van der Waals surface area (Å²) in [5, 5.41) is 0. The summed E-state index contributed by atoms with van der Waals surface area (Å²) >= 11 is 0. The van der Waals surface area contributed by atoms with Crippen molar-refractivity contribution in [2.75, 3.05) is 13.2 Å². The van der Waals surface area contributed by atoms with E-state index < -0.39 is 0 Å². The maximum Gasteiger partial charge on any atom is 0.111 e. The summed E-state index contributed by atoms with van der Waals surface area (Å²) < 4.78 is 7.59. The fourth-order valence-corrected chi connectivity index (χ4v) is 2.81. The lowest BCUT2D eigenvalue weighted by Crippen LogP contribution is -2.43. The van der Waals surface area contributed by atoms with Crippen LogP contribution >= 0.6 is 0 Å². The Kier molecular flexibility index (Phi) is 3.50. The second-order valence-electron chi connectivity index (χ2n) is 5.18. The zero-order valence-corrected chi connectivity index (χ0v) is 11.2. The topological polar surface area (TPSA) is 65.1 Å². The minimum absolute atomic E-state index is 0.220. The van der Waals surface area contributed by atoms with Gasteiger partial charge in [0.15, 0.2) is 0 Å². The maximum absolute atomic E-state index is 5.70. The molecular weight excluding hydrogens is 240 g/mol. The maximum atomic E-state index is 5.70. The van der Waals surface area contributed by atoms with Crippen molar-refractivity contribution >= 4 is 11.0 Å². The molecule has 5 heteroatoms. The van der Waals surface area contributed by atoms with Crippen LogP contribution in [0.15, 0.2) is 24.3 Å². The van der Waals surface area contributed by atoms with Gasteiger partial charge in [-0.3, -0.25) is 11.3 Å². The average Bonchev–Trinajstić information content (AvgIpc) is 3.06. The highest BCUT2D eigenvalue weighted by molar-refractivity contribution is 5.75. The van der Waals surface area contributed by atoms with Gasteiger partial charge in [0.25, 0.3) is 0 Å². The SMILES string of the molecule is Cn1c(CC(NN)C2CCOC2)nc2ccccc21. The van der Waals surface area contributed by atoms with E-state index in [0.29, 0.717) is 5.92 Å². The van der Waals surface area contributed by atoms with Crippen LogP contribution in [-0.2, 0) is 18.2 Å². The number of para-hydroxylation sites is 2. The number of benzene rings is 1. The average molecular weight is 260 g/mol. The number of fused-ring (bicyclic) bond motifs is 1. The van der Waals surface area contributed by atoms with Crippen LogP contribution in [0.25, 0.3) is 11.0 Å². The van der Waals surface area contributed by atoms with Gasteiger partial charge in [-0.15, -0.1) is 0 Å². The molecule has 2 aromatic rings. The summed E-state index contributed by atoms with van der Waals surface area (Å²) in [6, 6.07) is 8.41. The molecule has 1 fully saturated rings. The third kappa shape index (κ3) is 2.36. The van der Waals surface area contributed by atoms with Crippen molar-refractivity contribution in [2.24, 2.45) is 18.8 Å². The number of ether oxygens (including phenoxy) is 1. The molecule has 0 spiro atoms. The van der Waals surface area contributed by atoms with Crippen molar-refractivity contribution in [1.82, 2.24) is 15.0 Å². The van der Waals surface area contributed by atoms with Crippen molar-refractivity contribution in [2.45, 2.75) is 18.9 Å². The minimum atomic E-state index is 0.220. The van der Waals surface area contributed by atoms with Crippen LogP contribution in [0, 0.1) is 5.92 Å². The molecule has 0 bridgehead atoms. The molecule has 1 aromatic carbocycles. The van der Waals surface area contributed by atoms with Gasteiger partial charge in [-0.1, -0.05) is 12.1 Å². The molecule has 102 valence electrons. The molecule has 2 unspecified atom stereocenters. The highest BCUT2D eigenvalue weighted by Gasteiger charge is 2.26. The van der Waals surface area contributed by atoms with Crippen molar-refractivity contribution < 1.29 is 4.74 Å². The number of imidazole rings is 1. The van der Waals surface area contributed by atoms with Crippen LogP contribution < -0.4 is 11.3 Å². The van der Waals surface area contributed by atoms with Gasteiger partial charge in [0.05, 0.1) is 17.6 Å². The molecule has 3 rings (SSSR count). The lowest BCUT2D eigenvalue weighted by molar-refractivity contribution is 0.176. The van der Waals surface area contributed by atoms with Crippen LogP contribution in [0.4, 0.5) is 0 Å². The van der Waals surface area contributed by atoms with E-state index in [0.717, 1.165) is 42.9 Å². The molecule has 0 radical (unpaired) electrons. The first-order valence-electron chi connectivity index (χ1n) is 6.74. The van der Waals surface area contributed by atoms with Gasteiger partial charge in [-0.05, 0) is 18.6 Å². The van der Waals surface area contributed by atoms with Gasteiger partial charge in [0, 0.05) is 32.0 Å². The Labute approximate surface area is 112 Å². The predicted octanol–water partition coefficient (Wildman–Crippen LogP) is 0.984. The Morgan fingerprint density at radius 1 is 1.53 bits per heavy atom. The summed E-state index contributed by atoms with van der Waals surface area (Å²) in [5.41, 5.74) is 5.13. The molecule has 0 amide bonds. The standard InChI is InChI=1S/C14H20N4O/c1-18-13-5-3-2-4-11(13)16-14(18)8-12(17-15)10-6-7-19-9-10/h2-5,10,12,17H,6-9,15H2,1H3. The Hall–Kier alpha value is -1.43. The third-order valence-corrected chi connectivity index (χ3v) is 4.03. The monoisotopic (exact) mass is 260 g/mol. The highest BCUT2D eigenvalue weighted by atomic mass is 16.5. The fourth-order valence-electron chi connectivity index (χ4n) is 2.81. The third-order valence-electron chi connectivity index (χ3n) is 4.03. The molecule has 1 saturated heterocycles. The molecule has 2 atom stereocenters. The van der Waals surface area contributed by atoms with E-state index >= 15 is 0 Å². The Morgan fingerprint density at radius 2 is 2.37 bits per heavy atom. The largest absolute Gasteiger partial charge is 0.381 e. The number of aryl methyl sites for hydroxylation is 1. The molecular formula is C14H20N4O. The number of hydrogen-bond donors (Lipinski definition) is 2. The molecule has 5 nitrogen and oxygen atoms in total. The first kappa shape index (κ1) is 12.6. The van der Waals surface area contributed by atoms with Crippen LogP contribution in [0.5, 0.6) is 0 Å². The normalized spacial score (nSPS) is 21.1. The first-order chi connectivity index (χ1) is 9.29. The molecule has 1 aromatic heterocycles. The van der Waals surface area contributed by atoms with E-state index in [2.05, 4.69) is 23.1 Å². The van der Waals surface area contributed by atoms with E-state index in [4.69, 9.17) is 15.6 Å². The molecule has 2 heterocycles. The zero-order valence-electron chi connectivity index (χ0n) is 11.2. The van der Waals surface area contributed by atoms with Gasteiger partial charge in [-0.2, -0.15) is 0 Å². The van der Waals surface area contributed by atoms with Crippen LogP contribution in [-0.4, -0.2) is 28.8 Å². The lowest BCUT2D eigenvalue weighted by Gasteiger charge is -2.21. The second-order valence-corrected chi connectivity index (χ2v) is 5.18. The van der Waals surface area contributed by atoms with Crippen LogP contribution in [0.2, 0.25) is 0 Å². The van der Waals surface area contributed by atoms with Crippen molar-refractivity contribution in [1.29, 1.82) is 0 Å². The second kappa shape index (κ2) is 5.28. The minimum Gasteiger partial charge on any atom is -0.381 e. The van der Waals surface area contributed by atoms with Crippen molar-refractivity contribution in [3.63, 3.8) is 0 Å². The lowest BCUT2D eigenvalue weighted by atomic mass is 9.96. The summed E-state index contributed by atoms with van der Waals surface area (Å²) in [6.45, 7) is 1.63. The summed E-state index contributed by atoms with van der Waals surface area (Å²) in [5.74, 6) is 7.24. The number of nitrogens with one attached hydrogen (secondary N) is 1. The van der Waals surface area contributed by atoms with Gasteiger partial charge in [0.2, 0.25) is 0 Å². The van der Waals surface area contributed by atoms with E-state index in [1.807, 2.05) is 18.2 Å². The molecule has 3 N–H and O–H groups in total. The Bertz CT molecular complexity index is 560. The molecule has 1 aliphatic heterocycles. The van der Waals surface area contributed by atoms with Gasteiger partial charge >= 0.3 is 0 Å². The van der Waals surface area contributed by atoms with E-state index in [-0.39, 0.29) is 6.04 Å². The van der Waals surface area contributed by atoms with E-state index in [1.54, 1.807) is 0 Å². The van der Waals surface area contributed by atoms with Gasteiger partial charge in [0.1, 0.15) is 5.82 Å². The predicted molar refractivity (Wildman–Crippen MR) is 74.5 cm³/mol. The molecule has 1 aliphatic rings. The first-order valence-corrected chi connectivity index (χ1v) is 6.74. The number of nitrogens with zero attached hydrogens (tertiary/aromatic N) is 2. The number of aromatic nitrogens is 2. The van der Waals surface area contributed by atoms with Gasteiger partial charge in [-0.25, -0.2) is 4.98 Å². The van der Waals surface area contributed by atoms with E-state index in [9.17, 15) is 0 Å². The molecule has 0 aliphatic carbocycles. The summed E-state index contributed by atoms with van der Waals surface area (Å²) in [6.07, 6.45) is 1.90. The molecule has 0 saturated carbocycles. The highest BCUT2D eigenvalue weighted by Crippen LogP contribution is 2.21. The smallest absolute Gasteiger partial charge is 0.111 e. The quantitative estimate of drug-likeness (QED) is 0.635. The van der Waals surface area contributed by atoms with Crippen LogP contribution in [0.1, 0.15) is 12.2 Å². The Balaban J connectivity index is 1.85. The van der Waals surface area contributed by atoms with E-state index in [1.165, 1.54) is 0 Å². The van der Waals surface area contributed by atoms with Crippen molar-refractivity contribution in [3.8, 4) is 0 Å². The zero-order chi connectivity index (χ0) is 13.2. The van der Waals surface area contributed by atoms with Gasteiger partial charge < -0.3 is 9.30 Å². The number of nitrogens with two attached hydrogens (primary N) is 1. The fraction of sp³-hybridized carbons (Fsp3) is 0.500. The number of rotatable bonds is 4. The summed E-state index contributed by atoms with van der Waals surface area (Å²) in [7, 11) is 2.06. The number of hydrazine groups is 1. The Morgan fingerprint density at radius 3 is 3.05 bits per heavy atom.